The summed E-state index contributed by atoms with van der Waals surface area (Å²) in [5, 5.41) is 0.715. The number of nitrogens with two attached hydrogens (primary N) is 1. The first-order chi connectivity index (χ1) is 13.3. The van der Waals surface area contributed by atoms with Gasteiger partial charge >= 0.3 is 5.97 Å². The maximum absolute atomic E-state index is 11.5. The van der Waals surface area contributed by atoms with Crippen molar-refractivity contribution in [3.8, 4) is 0 Å². The van der Waals surface area contributed by atoms with E-state index in [-0.39, 0.29) is 5.84 Å². The van der Waals surface area contributed by atoms with Gasteiger partial charge in [0.05, 0.1) is 13.2 Å². The highest BCUT2D eigenvalue weighted by Gasteiger charge is 2.23. The highest BCUT2D eigenvalue weighted by molar-refractivity contribution is 9.10. The summed E-state index contributed by atoms with van der Waals surface area (Å²) in [5.74, 6) is 0.0663. The molecular weight excluding hydrogens is 479 g/mol. The Kier molecular flexibility index (Phi) is 8.31. The Balaban J connectivity index is 2.47. The molecule has 0 saturated carbocycles. The van der Waals surface area contributed by atoms with E-state index in [1.165, 1.54) is 13.2 Å². The van der Waals surface area contributed by atoms with E-state index in [9.17, 15) is 4.79 Å². The van der Waals surface area contributed by atoms with E-state index in [4.69, 9.17) is 22.1 Å². The number of carbonyl (C=O) groups is 1. The molecule has 5 nitrogen and oxygen atoms in total. The van der Waals surface area contributed by atoms with Crippen LogP contribution >= 0.6 is 34.1 Å². The number of carbonyl (C=O) groups excluding carboxylic acids is 1. The van der Waals surface area contributed by atoms with Crippen LogP contribution in [0.3, 0.4) is 0 Å². The summed E-state index contributed by atoms with van der Waals surface area (Å²) in [4.78, 5) is 12.6. The second-order valence-electron chi connectivity index (χ2n) is 5.58. The molecule has 0 saturated heterocycles. The first-order valence-electron chi connectivity index (χ1n) is 8.09. The average molecular weight is 499 g/mol. The highest BCUT2D eigenvalue weighted by Crippen LogP contribution is 2.50. The lowest BCUT2D eigenvalue weighted by atomic mass is 10.2. The van der Waals surface area contributed by atoms with Gasteiger partial charge < -0.3 is 15.0 Å². The molecule has 0 amide bonds. The van der Waals surface area contributed by atoms with Crippen LogP contribution in [-0.2, 0) is 25.9 Å². The maximum Gasteiger partial charge on any atom is 0.333 e. The van der Waals surface area contributed by atoms with Crippen LogP contribution in [0, 0.1) is 0 Å². The quantitative estimate of drug-likeness (QED) is 0.114. The zero-order valence-electron chi connectivity index (χ0n) is 15.6. The van der Waals surface area contributed by atoms with Gasteiger partial charge in [0.2, 0.25) is 0 Å². The first-order valence-corrected chi connectivity index (χ1v) is 12.8. The average Bonchev–Trinajstić information content (AvgIpc) is 2.68. The smallest absolute Gasteiger partial charge is 0.333 e. The molecule has 148 valence electrons. The third-order valence-corrected chi connectivity index (χ3v) is 7.91. The first kappa shape index (κ1) is 22.7. The minimum atomic E-state index is -2.96. The van der Waals surface area contributed by atoms with E-state index in [1.54, 1.807) is 18.7 Å². The number of rotatable bonds is 7. The fraction of sp³-hybridized carbons (Fsp3) is 0.158. The van der Waals surface area contributed by atoms with E-state index in [1.807, 2.05) is 54.8 Å². The number of hydrogen-bond donors (Lipinski definition) is 1. The van der Waals surface area contributed by atoms with E-state index in [2.05, 4.69) is 25.4 Å². The lowest BCUT2D eigenvalue weighted by Gasteiger charge is -2.20. The van der Waals surface area contributed by atoms with Crippen molar-refractivity contribution in [2.75, 3.05) is 13.4 Å². The van der Waals surface area contributed by atoms with Gasteiger partial charge in [-0.1, -0.05) is 28.1 Å². The van der Waals surface area contributed by atoms with Crippen LogP contribution in [0.4, 0.5) is 0 Å². The van der Waals surface area contributed by atoms with E-state index in [0.29, 0.717) is 11.1 Å². The Bertz CT molecular complexity index is 945. The van der Waals surface area contributed by atoms with E-state index in [0.717, 1.165) is 14.9 Å². The van der Waals surface area contributed by atoms with Gasteiger partial charge in [-0.2, -0.15) is 4.76 Å². The van der Waals surface area contributed by atoms with Gasteiger partial charge in [0.15, 0.2) is 0 Å². The number of benzene rings is 2. The lowest BCUT2D eigenvalue weighted by molar-refractivity contribution is -0.135. The molecule has 0 aliphatic heterocycles. The third kappa shape index (κ3) is 6.21. The number of halogens is 1. The van der Waals surface area contributed by atoms with E-state index >= 15 is 0 Å². The van der Waals surface area contributed by atoms with Gasteiger partial charge in [0, 0.05) is 20.2 Å². The molecule has 2 rings (SSSR count). The van der Waals surface area contributed by atoms with Crippen LogP contribution in [0.5, 0.6) is 0 Å². The molecule has 9 heteroatoms. The number of ether oxygens (including phenoxy) is 1. The summed E-state index contributed by atoms with van der Waals surface area (Å²) in [7, 11) is 1.30. The Morgan fingerprint density at radius 3 is 2.36 bits per heavy atom. The predicted molar refractivity (Wildman–Crippen MR) is 124 cm³/mol. The van der Waals surface area contributed by atoms with Crippen LogP contribution in [0.2, 0.25) is 0 Å². The minimum absolute atomic E-state index is 0.282. The fourth-order valence-corrected chi connectivity index (χ4v) is 5.45. The molecule has 2 N–H and O–H groups in total. The van der Waals surface area contributed by atoms with Gasteiger partial charge in [-0.15, -0.1) is 11.8 Å². The number of amidine groups is 1. The van der Waals surface area contributed by atoms with Crippen molar-refractivity contribution in [3.05, 3.63) is 70.4 Å². The molecule has 0 aromatic heterocycles. The molecule has 0 spiro atoms. The van der Waals surface area contributed by atoms with Crippen molar-refractivity contribution in [2.45, 2.75) is 11.8 Å². The zero-order valence-corrected chi connectivity index (χ0v) is 19.7. The van der Waals surface area contributed by atoms with Crippen molar-refractivity contribution in [3.63, 3.8) is 0 Å². The van der Waals surface area contributed by atoms with Gasteiger partial charge in [-0.05, 0) is 61.4 Å². The summed E-state index contributed by atoms with van der Waals surface area (Å²) in [6, 6.07) is 15.1. The van der Waals surface area contributed by atoms with Crippen molar-refractivity contribution >= 4 is 63.0 Å². The maximum atomic E-state index is 11.5. The summed E-state index contributed by atoms with van der Waals surface area (Å²) >= 11 is 10.9. The van der Waals surface area contributed by atoms with Crippen molar-refractivity contribution in [1.29, 1.82) is 0 Å². The molecular formula is C19H20BrN2O3PS2. The van der Waals surface area contributed by atoms with E-state index < -0.39 is 12.4 Å². The second-order valence-corrected chi connectivity index (χ2v) is 10.8. The third-order valence-electron chi connectivity index (χ3n) is 3.57. The molecule has 1 atom stereocenters. The van der Waals surface area contributed by atoms with Gasteiger partial charge in [-0.3, -0.25) is 0 Å². The van der Waals surface area contributed by atoms with Crippen LogP contribution in [0.25, 0.3) is 0 Å². The summed E-state index contributed by atoms with van der Waals surface area (Å²) in [6.45, 7) is 1.63. The molecule has 0 radical (unpaired) electrons. The molecule has 0 fully saturated rings. The standard InChI is InChI=1S/C19H20BrN2O3PS2/c1-13(12-18(23)24-2)25-26(27,16-8-6-15(20)7-9-16)22-19(21)14-4-10-17(28-3)11-5-14/h4-12H,1-3H3,(H2,21,22,27). The normalized spacial score (nSPS) is 14.3. The highest BCUT2D eigenvalue weighted by atomic mass is 79.9. The van der Waals surface area contributed by atoms with Crippen molar-refractivity contribution in [2.24, 2.45) is 10.5 Å². The minimum Gasteiger partial charge on any atom is -0.466 e. The number of thioether (sulfide) groups is 1. The van der Waals surface area contributed by atoms with Crippen LogP contribution < -0.4 is 11.0 Å². The predicted octanol–water partition coefficient (Wildman–Crippen LogP) is 4.60. The second kappa shape index (κ2) is 10.3. The summed E-state index contributed by atoms with van der Waals surface area (Å²) in [5.41, 5.74) is 7.00. The van der Waals surface area contributed by atoms with Crippen LogP contribution in [0.15, 0.2) is 74.5 Å². The number of nitrogens with zero attached hydrogens (tertiary/aromatic N) is 1. The Hall–Kier alpha value is -1.60. The Morgan fingerprint density at radius 1 is 1.21 bits per heavy atom. The Labute approximate surface area is 182 Å². The number of hydrogen-bond acceptors (Lipinski definition) is 5. The fourth-order valence-electron chi connectivity index (χ4n) is 2.17. The largest absolute Gasteiger partial charge is 0.466 e. The monoisotopic (exact) mass is 498 g/mol. The van der Waals surface area contributed by atoms with Gasteiger partial charge in [-0.25, -0.2) is 4.79 Å². The van der Waals surface area contributed by atoms with Crippen LogP contribution in [-0.4, -0.2) is 25.2 Å². The number of methoxy groups -OCH3 is 1. The summed E-state index contributed by atoms with van der Waals surface area (Å²) in [6.07, 6.45) is 0.278. The molecule has 2 aromatic carbocycles. The summed E-state index contributed by atoms with van der Waals surface area (Å²) < 4.78 is 16.1. The van der Waals surface area contributed by atoms with Gasteiger partial charge in [0.1, 0.15) is 11.6 Å². The molecule has 0 aliphatic rings. The van der Waals surface area contributed by atoms with Crippen molar-refractivity contribution in [1.82, 2.24) is 0 Å². The molecule has 0 aliphatic carbocycles. The molecule has 0 heterocycles. The number of esters is 1. The van der Waals surface area contributed by atoms with Gasteiger partial charge in [0.25, 0.3) is 6.42 Å². The number of allylic oxidation sites excluding steroid dienone is 1. The lowest BCUT2D eigenvalue weighted by Crippen LogP contribution is -2.16. The van der Waals surface area contributed by atoms with Crippen molar-refractivity contribution < 1.29 is 14.1 Å². The topological polar surface area (TPSA) is 73.9 Å². The molecule has 1 unspecified atom stereocenters. The Morgan fingerprint density at radius 2 is 1.82 bits per heavy atom. The molecule has 2 aromatic rings. The molecule has 0 bridgehead atoms. The SMILES string of the molecule is COC(=O)C=C(C)OP(=S)(N=C(N)c1ccc(SC)cc1)c1ccc(Br)cc1. The zero-order chi connectivity index (χ0) is 20.7. The van der Waals surface area contributed by atoms with Crippen LogP contribution in [0.1, 0.15) is 12.5 Å². The molecule has 28 heavy (non-hydrogen) atoms.